The van der Waals surface area contributed by atoms with Crippen molar-refractivity contribution in [2.24, 2.45) is 0 Å². The summed E-state index contributed by atoms with van der Waals surface area (Å²) in [5.74, 6) is 0.937. The first kappa shape index (κ1) is 16.5. The van der Waals surface area contributed by atoms with Crippen molar-refractivity contribution in [3.05, 3.63) is 66.2 Å². The van der Waals surface area contributed by atoms with Crippen molar-refractivity contribution >= 4 is 17.5 Å². The van der Waals surface area contributed by atoms with E-state index in [0.29, 0.717) is 0 Å². The maximum absolute atomic E-state index is 12.5. The average Bonchev–Trinajstić information content (AvgIpc) is 3.05. The number of hydrogen-bond acceptors (Lipinski definition) is 4. The van der Waals surface area contributed by atoms with Crippen molar-refractivity contribution in [3.8, 4) is 11.4 Å². The lowest BCUT2D eigenvalue weighted by molar-refractivity contribution is 0.0994. The summed E-state index contributed by atoms with van der Waals surface area (Å²) in [5, 5.41) is 9.18. The van der Waals surface area contributed by atoms with Gasteiger partial charge >= 0.3 is 0 Å². The van der Waals surface area contributed by atoms with Crippen LogP contribution in [0.25, 0.3) is 11.4 Å². The van der Waals surface area contributed by atoms with Gasteiger partial charge in [-0.25, -0.2) is 0 Å². The Kier molecular flexibility index (Phi) is 5.11. The third kappa shape index (κ3) is 3.41. The molecule has 0 radical (unpaired) electrons. The van der Waals surface area contributed by atoms with E-state index in [9.17, 15) is 4.79 Å². The summed E-state index contributed by atoms with van der Waals surface area (Å²) in [6.07, 6.45) is 0. The van der Waals surface area contributed by atoms with Gasteiger partial charge in [0.05, 0.1) is 5.25 Å². The molecule has 0 N–H and O–H groups in total. The second-order valence-electron chi connectivity index (χ2n) is 5.41. The van der Waals surface area contributed by atoms with Crippen molar-refractivity contribution in [3.63, 3.8) is 0 Å². The predicted molar refractivity (Wildman–Crippen MR) is 97.2 cm³/mol. The lowest BCUT2D eigenvalue weighted by Crippen LogP contribution is -2.14. The number of thioether (sulfide) groups is 1. The Bertz CT molecular complexity index is 815. The molecular formula is C19H19N3OS. The van der Waals surface area contributed by atoms with Gasteiger partial charge in [0, 0.05) is 17.7 Å². The van der Waals surface area contributed by atoms with E-state index in [1.807, 2.05) is 67.6 Å². The third-order valence-electron chi connectivity index (χ3n) is 3.77. The molecule has 0 spiro atoms. The lowest BCUT2D eigenvalue weighted by atomic mass is 10.1. The Morgan fingerprint density at radius 1 is 1.04 bits per heavy atom. The Labute approximate surface area is 145 Å². The number of rotatable bonds is 6. The minimum atomic E-state index is -0.217. The molecule has 0 aliphatic carbocycles. The van der Waals surface area contributed by atoms with E-state index >= 15 is 0 Å². The highest BCUT2D eigenvalue weighted by Crippen LogP contribution is 2.28. The lowest BCUT2D eigenvalue weighted by Gasteiger charge is -2.11. The Morgan fingerprint density at radius 3 is 2.29 bits per heavy atom. The molecule has 1 heterocycles. The minimum absolute atomic E-state index is 0.104. The zero-order valence-electron chi connectivity index (χ0n) is 13.7. The number of hydrogen-bond donors (Lipinski definition) is 0. The fourth-order valence-corrected chi connectivity index (χ4v) is 3.50. The fraction of sp³-hybridized carbons (Fsp3) is 0.211. The van der Waals surface area contributed by atoms with Crippen LogP contribution in [-0.4, -0.2) is 25.8 Å². The van der Waals surface area contributed by atoms with E-state index in [0.717, 1.165) is 28.7 Å². The molecule has 1 atom stereocenters. The highest BCUT2D eigenvalue weighted by Gasteiger charge is 2.21. The fourth-order valence-electron chi connectivity index (χ4n) is 2.51. The minimum Gasteiger partial charge on any atom is -0.302 e. The third-order valence-corrected chi connectivity index (χ3v) is 4.86. The molecule has 24 heavy (non-hydrogen) atoms. The molecule has 3 aromatic rings. The number of aromatic nitrogens is 3. The Balaban J connectivity index is 1.83. The summed E-state index contributed by atoms with van der Waals surface area (Å²) < 4.78 is 2.05. The largest absolute Gasteiger partial charge is 0.302 e. The maximum Gasteiger partial charge on any atom is 0.192 e. The van der Waals surface area contributed by atoms with Crippen molar-refractivity contribution < 1.29 is 4.79 Å². The molecule has 0 saturated heterocycles. The molecule has 3 rings (SSSR count). The van der Waals surface area contributed by atoms with Gasteiger partial charge in [-0.05, 0) is 13.8 Å². The molecule has 4 nitrogen and oxygen atoms in total. The smallest absolute Gasteiger partial charge is 0.192 e. The van der Waals surface area contributed by atoms with Crippen LogP contribution in [0.15, 0.2) is 65.8 Å². The number of nitrogens with zero attached hydrogens (tertiary/aromatic N) is 3. The highest BCUT2D eigenvalue weighted by atomic mass is 32.2. The summed E-state index contributed by atoms with van der Waals surface area (Å²) in [5.41, 5.74) is 1.75. The number of Topliss-reactive ketones (excluding diaryl/α,β-unsaturated/α-hetero) is 1. The van der Waals surface area contributed by atoms with Gasteiger partial charge in [0.2, 0.25) is 0 Å². The molecular weight excluding hydrogens is 318 g/mol. The Morgan fingerprint density at radius 2 is 1.67 bits per heavy atom. The van der Waals surface area contributed by atoms with E-state index in [2.05, 4.69) is 21.7 Å². The summed E-state index contributed by atoms with van der Waals surface area (Å²) in [6.45, 7) is 4.73. The van der Waals surface area contributed by atoms with Crippen LogP contribution < -0.4 is 0 Å². The second kappa shape index (κ2) is 7.45. The van der Waals surface area contributed by atoms with Crippen molar-refractivity contribution in [2.45, 2.75) is 30.8 Å². The first-order chi connectivity index (χ1) is 11.7. The van der Waals surface area contributed by atoms with Gasteiger partial charge < -0.3 is 4.57 Å². The van der Waals surface area contributed by atoms with Gasteiger partial charge in [0.15, 0.2) is 16.8 Å². The zero-order chi connectivity index (χ0) is 16.9. The highest BCUT2D eigenvalue weighted by molar-refractivity contribution is 8.00. The molecule has 0 bridgehead atoms. The number of ketones is 1. The molecule has 122 valence electrons. The van der Waals surface area contributed by atoms with Crippen LogP contribution in [0.5, 0.6) is 0 Å². The number of carbonyl (C=O) groups is 1. The van der Waals surface area contributed by atoms with E-state index in [-0.39, 0.29) is 11.0 Å². The van der Waals surface area contributed by atoms with Crippen LogP contribution in [0, 0.1) is 0 Å². The van der Waals surface area contributed by atoms with Crippen LogP contribution in [0.2, 0.25) is 0 Å². The van der Waals surface area contributed by atoms with Gasteiger partial charge in [-0.2, -0.15) is 0 Å². The van der Waals surface area contributed by atoms with Crippen LogP contribution in [0.4, 0.5) is 0 Å². The quantitative estimate of drug-likeness (QED) is 0.496. The molecule has 5 heteroatoms. The van der Waals surface area contributed by atoms with Crippen LogP contribution in [-0.2, 0) is 6.54 Å². The van der Waals surface area contributed by atoms with E-state index in [4.69, 9.17) is 0 Å². The summed E-state index contributed by atoms with van der Waals surface area (Å²) in [6, 6.07) is 19.3. The molecule has 0 saturated carbocycles. The molecule has 0 unspecified atom stereocenters. The standard InChI is InChI=1S/C19H19N3OS/c1-3-22-18(16-12-8-5-9-13-16)20-21-19(22)24-14(2)17(23)15-10-6-4-7-11-15/h4-14H,3H2,1-2H3/t14-/m1/s1. The number of carbonyl (C=O) groups excluding carboxylic acids is 1. The van der Waals surface area contributed by atoms with Gasteiger partial charge in [-0.15, -0.1) is 10.2 Å². The molecule has 2 aromatic carbocycles. The Hall–Kier alpha value is -2.40. The van der Waals surface area contributed by atoms with Crippen molar-refractivity contribution in [1.29, 1.82) is 0 Å². The molecule has 0 fully saturated rings. The first-order valence-corrected chi connectivity index (χ1v) is 8.83. The second-order valence-corrected chi connectivity index (χ2v) is 6.71. The SMILES string of the molecule is CCn1c(S[C@H](C)C(=O)c2ccccc2)nnc1-c1ccccc1. The van der Waals surface area contributed by atoms with Crippen LogP contribution in [0.1, 0.15) is 24.2 Å². The first-order valence-electron chi connectivity index (χ1n) is 7.95. The summed E-state index contributed by atoms with van der Waals surface area (Å²) in [7, 11) is 0. The van der Waals surface area contributed by atoms with Crippen molar-refractivity contribution in [2.75, 3.05) is 0 Å². The van der Waals surface area contributed by atoms with Crippen LogP contribution >= 0.6 is 11.8 Å². The van der Waals surface area contributed by atoms with E-state index < -0.39 is 0 Å². The molecule has 0 amide bonds. The van der Waals surface area contributed by atoms with E-state index in [1.165, 1.54) is 11.8 Å². The van der Waals surface area contributed by atoms with E-state index in [1.54, 1.807) is 0 Å². The van der Waals surface area contributed by atoms with Crippen molar-refractivity contribution in [1.82, 2.24) is 14.8 Å². The summed E-state index contributed by atoms with van der Waals surface area (Å²) in [4.78, 5) is 12.5. The monoisotopic (exact) mass is 337 g/mol. The van der Waals surface area contributed by atoms with Gasteiger partial charge in [0.25, 0.3) is 0 Å². The molecule has 0 aliphatic rings. The maximum atomic E-state index is 12.5. The normalized spacial score (nSPS) is 12.1. The van der Waals surface area contributed by atoms with Gasteiger partial charge in [0.1, 0.15) is 0 Å². The van der Waals surface area contributed by atoms with Crippen LogP contribution in [0.3, 0.4) is 0 Å². The molecule has 0 aliphatic heterocycles. The number of benzene rings is 2. The van der Waals surface area contributed by atoms with Gasteiger partial charge in [-0.1, -0.05) is 72.4 Å². The predicted octanol–water partition coefficient (Wildman–Crippen LogP) is 4.33. The zero-order valence-corrected chi connectivity index (χ0v) is 14.5. The summed E-state index contributed by atoms with van der Waals surface area (Å²) >= 11 is 1.45. The topological polar surface area (TPSA) is 47.8 Å². The average molecular weight is 337 g/mol. The van der Waals surface area contributed by atoms with Gasteiger partial charge in [-0.3, -0.25) is 4.79 Å². The molecule has 1 aromatic heterocycles.